The Morgan fingerprint density at radius 3 is 2.65 bits per heavy atom. The van der Waals surface area contributed by atoms with E-state index in [4.69, 9.17) is 9.72 Å². The van der Waals surface area contributed by atoms with Crippen LogP contribution in [-0.4, -0.2) is 40.7 Å². The van der Waals surface area contributed by atoms with Crippen LogP contribution in [0, 0.1) is 34.5 Å². The maximum atomic E-state index is 9.71. The molecule has 196 valence electrons. The highest BCUT2D eigenvalue weighted by Crippen LogP contribution is 2.60. The van der Waals surface area contributed by atoms with E-state index in [1.807, 2.05) is 12.1 Å². The van der Waals surface area contributed by atoms with E-state index in [0.717, 1.165) is 35.9 Å². The second-order valence-corrected chi connectivity index (χ2v) is 11.9. The molecule has 5 aliphatic carbocycles. The Kier molecular flexibility index (Phi) is 6.90. The highest BCUT2D eigenvalue weighted by Gasteiger charge is 2.55. The van der Waals surface area contributed by atoms with E-state index >= 15 is 0 Å². The zero-order valence-electron chi connectivity index (χ0n) is 21.9. The van der Waals surface area contributed by atoms with E-state index < -0.39 is 0 Å². The molecule has 4 bridgehead atoms. The minimum absolute atomic E-state index is 0.315. The zero-order chi connectivity index (χ0) is 25.2. The number of ether oxygens (including phenoxy) is 1. The Balaban J connectivity index is 1.11. The SMILES string of the molecule is COc1ncccc1CNc1ncc(C#N)c(NCC23CC4CC(C2)C(NC2CCCCC2)C(C4)C3)n1. The normalized spacial score (nSPS) is 30.6. The third-order valence-corrected chi connectivity index (χ3v) is 9.45. The minimum Gasteiger partial charge on any atom is -0.481 e. The predicted molar refractivity (Wildman–Crippen MR) is 143 cm³/mol. The maximum Gasteiger partial charge on any atom is 0.224 e. The average Bonchev–Trinajstić information content (AvgIpc) is 2.93. The number of hydrogen-bond donors (Lipinski definition) is 3. The molecule has 0 aromatic carbocycles. The predicted octanol–water partition coefficient (Wildman–Crippen LogP) is 4.89. The van der Waals surface area contributed by atoms with E-state index in [2.05, 4.69) is 32.0 Å². The van der Waals surface area contributed by atoms with Crippen molar-refractivity contribution < 1.29 is 4.74 Å². The molecular formula is C29H39N7O. The highest BCUT2D eigenvalue weighted by atomic mass is 16.5. The smallest absolute Gasteiger partial charge is 0.224 e. The van der Waals surface area contributed by atoms with Crippen molar-refractivity contribution in [3.05, 3.63) is 35.7 Å². The minimum atomic E-state index is 0.315. The summed E-state index contributed by atoms with van der Waals surface area (Å²) in [4.78, 5) is 13.3. The van der Waals surface area contributed by atoms with Crippen LogP contribution in [-0.2, 0) is 6.54 Å². The quantitative estimate of drug-likeness (QED) is 0.446. The molecule has 2 aromatic heterocycles. The summed E-state index contributed by atoms with van der Waals surface area (Å²) in [6.45, 7) is 1.38. The first kappa shape index (κ1) is 24.4. The van der Waals surface area contributed by atoms with Gasteiger partial charge in [-0.05, 0) is 74.2 Å². The van der Waals surface area contributed by atoms with Crippen LogP contribution in [0.3, 0.4) is 0 Å². The van der Waals surface area contributed by atoms with Crippen LogP contribution in [0.25, 0.3) is 0 Å². The van der Waals surface area contributed by atoms with Crippen LogP contribution in [0.2, 0.25) is 0 Å². The summed E-state index contributed by atoms with van der Waals surface area (Å²) in [6, 6.07) is 7.56. The molecule has 0 amide bonds. The highest BCUT2D eigenvalue weighted by molar-refractivity contribution is 5.53. The van der Waals surface area contributed by atoms with Crippen molar-refractivity contribution in [3.63, 3.8) is 0 Å². The van der Waals surface area contributed by atoms with Gasteiger partial charge in [-0.2, -0.15) is 10.2 Å². The number of rotatable bonds is 9. The van der Waals surface area contributed by atoms with Crippen LogP contribution in [0.15, 0.2) is 24.5 Å². The van der Waals surface area contributed by atoms with Gasteiger partial charge in [0.1, 0.15) is 17.5 Å². The molecule has 37 heavy (non-hydrogen) atoms. The standard InChI is InChI=1S/C29H39N7O/c1-37-27-20(6-5-9-31-27)16-32-28-33-17-23(15-30)26(36-28)34-18-29-12-19-10-21(13-29)25(22(11-19)14-29)35-24-7-3-2-4-8-24/h5-6,9,17,19,21-22,24-25,35H,2-4,7-8,10-14,16,18H2,1H3,(H2,32,33,34,36). The molecule has 8 nitrogen and oxygen atoms in total. The first-order chi connectivity index (χ1) is 18.1. The average molecular weight is 502 g/mol. The van der Waals surface area contributed by atoms with Gasteiger partial charge in [0.05, 0.1) is 13.3 Å². The van der Waals surface area contributed by atoms with Crippen molar-refractivity contribution in [1.29, 1.82) is 5.26 Å². The lowest BCUT2D eigenvalue weighted by Crippen LogP contribution is -2.61. The number of hydrogen-bond acceptors (Lipinski definition) is 8. The number of nitriles is 1. The Morgan fingerprint density at radius 1 is 1.08 bits per heavy atom. The van der Waals surface area contributed by atoms with Crippen molar-refractivity contribution in [2.24, 2.45) is 23.2 Å². The lowest BCUT2D eigenvalue weighted by atomic mass is 9.47. The number of anilines is 2. The van der Waals surface area contributed by atoms with Crippen LogP contribution in [0.5, 0.6) is 5.88 Å². The topological polar surface area (TPSA) is 108 Å². The van der Waals surface area contributed by atoms with Crippen molar-refractivity contribution in [2.75, 3.05) is 24.3 Å². The number of nitrogens with one attached hydrogen (secondary N) is 3. The molecule has 2 heterocycles. The van der Waals surface area contributed by atoms with E-state index in [1.165, 1.54) is 64.2 Å². The van der Waals surface area contributed by atoms with Crippen LogP contribution >= 0.6 is 0 Å². The van der Waals surface area contributed by atoms with Crippen molar-refractivity contribution in [2.45, 2.75) is 82.8 Å². The van der Waals surface area contributed by atoms with Crippen LogP contribution < -0.4 is 20.7 Å². The van der Waals surface area contributed by atoms with Gasteiger partial charge in [0, 0.05) is 36.9 Å². The summed E-state index contributed by atoms with van der Waals surface area (Å²) < 4.78 is 5.35. The monoisotopic (exact) mass is 501 g/mol. The van der Waals surface area contributed by atoms with E-state index in [9.17, 15) is 5.26 Å². The fraction of sp³-hybridized carbons (Fsp3) is 0.655. The van der Waals surface area contributed by atoms with E-state index in [-0.39, 0.29) is 0 Å². The first-order valence-electron chi connectivity index (χ1n) is 14.1. The molecule has 8 heteroatoms. The summed E-state index contributed by atoms with van der Waals surface area (Å²) in [5, 5.41) is 20.7. The Hall–Kier alpha value is -2.92. The molecule has 0 saturated heterocycles. The van der Waals surface area contributed by atoms with Gasteiger partial charge >= 0.3 is 0 Å². The van der Waals surface area contributed by atoms with Gasteiger partial charge in [-0.15, -0.1) is 0 Å². The van der Waals surface area contributed by atoms with Crippen molar-refractivity contribution in [3.8, 4) is 11.9 Å². The number of methoxy groups -OCH3 is 1. The Labute approximate surface area is 220 Å². The van der Waals surface area contributed by atoms with E-state index in [0.29, 0.717) is 41.2 Å². The molecule has 2 unspecified atom stereocenters. The largest absolute Gasteiger partial charge is 0.481 e. The molecule has 5 aliphatic rings. The lowest BCUT2D eigenvalue weighted by molar-refractivity contribution is -0.0728. The molecule has 3 N–H and O–H groups in total. The van der Waals surface area contributed by atoms with Gasteiger partial charge in [-0.1, -0.05) is 25.3 Å². The van der Waals surface area contributed by atoms with Gasteiger partial charge < -0.3 is 20.7 Å². The molecule has 5 saturated carbocycles. The van der Waals surface area contributed by atoms with Crippen LogP contribution in [0.4, 0.5) is 11.8 Å². The number of pyridine rings is 1. The third kappa shape index (κ3) is 5.11. The molecule has 0 spiro atoms. The molecule has 7 rings (SSSR count). The fourth-order valence-corrected chi connectivity index (χ4v) is 8.09. The first-order valence-corrected chi connectivity index (χ1v) is 14.1. The Morgan fingerprint density at radius 2 is 1.89 bits per heavy atom. The van der Waals surface area contributed by atoms with Crippen molar-refractivity contribution >= 4 is 11.8 Å². The van der Waals surface area contributed by atoms with Gasteiger partial charge in [0.25, 0.3) is 0 Å². The molecule has 2 aromatic rings. The summed E-state index contributed by atoms with van der Waals surface area (Å²) in [5.74, 6) is 4.15. The third-order valence-electron chi connectivity index (χ3n) is 9.45. The second-order valence-electron chi connectivity index (χ2n) is 11.9. The van der Waals surface area contributed by atoms with Gasteiger partial charge in [-0.3, -0.25) is 0 Å². The Bertz CT molecular complexity index is 1130. The lowest BCUT2D eigenvalue weighted by Gasteiger charge is -2.61. The number of aromatic nitrogens is 3. The maximum absolute atomic E-state index is 9.71. The summed E-state index contributed by atoms with van der Waals surface area (Å²) in [5.41, 5.74) is 1.73. The van der Waals surface area contributed by atoms with Crippen LogP contribution in [0.1, 0.15) is 75.3 Å². The van der Waals surface area contributed by atoms with Crippen molar-refractivity contribution in [1.82, 2.24) is 20.3 Å². The second kappa shape index (κ2) is 10.4. The van der Waals surface area contributed by atoms with Gasteiger partial charge in [0.2, 0.25) is 11.8 Å². The molecule has 0 radical (unpaired) electrons. The molecule has 0 aliphatic heterocycles. The van der Waals surface area contributed by atoms with Gasteiger partial charge in [0.15, 0.2) is 0 Å². The summed E-state index contributed by atoms with van der Waals surface area (Å²) >= 11 is 0. The molecular weight excluding hydrogens is 462 g/mol. The number of nitrogens with zero attached hydrogens (tertiary/aromatic N) is 4. The summed E-state index contributed by atoms with van der Waals surface area (Å²) in [6.07, 6.45) is 16.9. The molecule has 2 atom stereocenters. The van der Waals surface area contributed by atoms with Gasteiger partial charge in [-0.25, -0.2) is 9.97 Å². The summed E-state index contributed by atoms with van der Waals surface area (Å²) in [7, 11) is 1.62. The fourth-order valence-electron chi connectivity index (χ4n) is 8.09. The van der Waals surface area contributed by atoms with E-state index in [1.54, 1.807) is 19.5 Å². The zero-order valence-corrected chi connectivity index (χ0v) is 21.9. The molecule has 5 fully saturated rings.